The van der Waals surface area contributed by atoms with Gasteiger partial charge in [-0.05, 0) is 71.8 Å². The predicted octanol–water partition coefficient (Wildman–Crippen LogP) is 12.4. The minimum Gasteiger partial charge on any atom is -0.372 e. The molecule has 6 aromatic rings. The van der Waals surface area contributed by atoms with Gasteiger partial charge in [-0.3, -0.25) is 0 Å². The SMILES string of the molecule is CC(C)N(B1[CH-]B(N(C(C)C)C(C)C)C1([Si](C)(C)C)[Si](C)(C)C)C(C)C.[Au+].[Au].c1ccc(P(c2ccccc2)c2ccccc2)cc1.c1ccc(P(c2ccccc2)c2ccccc2)cc1. The van der Waals surface area contributed by atoms with Crippen LogP contribution in [0.2, 0.25) is 43.7 Å². The molecule has 1 heterocycles. The normalized spacial score (nSPS) is 13.5. The summed E-state index contributed by atoms with van der Waals surface area (Å²) in [6.45, 7) is 36.3. The van der Waals surface area contributed by atoms with Crippen LogP contribution in [0.15, 0.2) is 182 Å². The van der Waals surface area contributed by atoms with Gasteiger partial charge in [0, 0.05) is 52.2 Å². The molecule has 0 aromatic heterocycles. The summed E-state index contributed by atoms with van der Waals surface area (Å²) in [5.41, 5.74) is 0. The Bertz CT molecular complexity index is 1870. The van der Waals surface area contributed by atoms with Crippen LogP contribution in [0.25, 0.3) is 0 Å². The molecule has 6 aromatic carbocycles. The van der Waals surface area contributed by atoms with Crippen LogP contribution in [0.3, 0.4) is 0 Å². The van der Waals surface area contributed by atoms with Gasteiger partial charge in [0.1, 0.15) is 0 Å². The van der Waals surface area contributed by atoms with Crippen molar-refractivity contribution in [3.8, 4) is 0 Å². The summed E-state index contributed by atoms with van der Waals surface area (Å²) >= 11 is 0. The minimum atomic E-state index is -1.45. The Morgan fingerprint density at radius 3 is 0.667 bits per heavy atom. The summed E-state index contributed by atoms with van der Waals surface area (Å²) in [7, 11) is -3.79. The van der Waals surface area contributed by atoms with Gasteiger partial charge in [0.05, 0.1) is 0 Å². The minimum absolute atomic E-state index is 0. The van der Waals surface area contributed by atoms with Crippen molar-refractivity contribution in [1.82, 2.24) is 9.62 Å². The van der Waals surface area contributed by atoms with Crippen molar-refractivity contribution < 1.29 is 44.8 Å². The fraction of sp³-hybridized carbons (Fsp3) is 0.339. The molecule has 0 amide bonds. The average Bonchev–Trinajstić information content (AvgIpc) is 3.25. The molecule has 0 atom stereocenters. The van der Waals surface area contributed by atoms with E-state index in [4.69, 9.17) is 0 Å². The Balaban J connectivity index is 0.000000262. The molecule has 10 heteroatoms. The second-order valence-electron chi connectivity index (χ2n) is 20.4. The fourth-order valence-electron chi connectivity index (χ4n) is 10.9. The fourth-order valence-corrected chi connectivity index (χ4v) is 29.1. The Hall–Kier alpha value is -1.86. The van der Waals surface area contributed by atoms with Gasteiger partial charge >= 0.3 is 22.4 Å². The van der Waals surface area contributed by atoms with Crippen LogP contribution in [0, 0.1) is 6.22 Å². The van der Waals surface area contributed by atoms with E-state index in [1.807, 2.05) is 0 Å². The monoisotopic (exact) mass is 1310 g/mol. The second kappa shape index (κ2) is 26.9. The van der Waals surface area contributed by atoms with Crippen LogP contribution in [0.4, 0.5) is 0 Å². The van der Waals surface area contributed by atoms with Crippen LogP contribution in [-0.2, 0) is 44.8 Å². The Labute approximate surface area is 439 Å². The molecule has 0 bridgehead atoms. The molecule has 0 aliphatic carbocycles. The van der Waals surface area contributed by atoms with Gasteiger partial charge in [0.15, 0.2) is 0 Å². The molecular formula is C56H77Au2B2N2P2Si2. The van der Waals surface area contributed by atoms with E-state index < -0.39 is 32.0 Å². The van der Waals surface area contributed by atoms with Gasteiger partial charge in [-0.2, -0.15) is 0 Å². The molecule has 0 unspecified atom stereocenters. The molecule has 0 saturated carbocycles. The van der Waals surface area contributed by atoms with Crippen LogP contribution in [0.1, 0.15) is 55.4 Å². The van der Waals surface area contributed by atoms with Crippen LogP contribution in [0.5, 0.6) is 0 Å². The summed E-state index contributed by atoms with van der Waals surface area (Å²) in [6.07, 6.45) is 2.75. The smallest absolute Gasteiger partial charge is 0.372 e. The topological polar surface area (TPSA) is 6.48 Å². The van der Waals surface area contributed by atoms with Crippen molar-refractivity contribution in [2.24, 2.45) is 0 Å². The molecular weight excluding hydrogens is 1230 g/mol. The van der Waals surface area contributed by atoms with Gasteiger partial charge in [0.2, 0.25) is 0 Å². The van der Waals surface area contributed by atoms with Crippen molar-refractivity contribution in [2.45, 2.75) is 123 Å². The van der Waals surface area contributed by atoms with Crippen molar-refractivity contribution in [3.63, 3.8) is 0 Å². The molecule has 0 N–H and O–H groups in total. The molecule has 66 heavy (non-hydrogen) atoms. The first kappa shape index (κ1) is 58.5. The Morgan fingerprint density at radius 2 is 0.530 bits per heavy atom. The first-order chi connectivity index (χ1) is 30.4. The van der Waals surface area contributed by atoms with E-state index in [1.165, 1.54) is 31.8 Å². The van der Waals surface area contributed by atoms with Gasteiger partial charge in [0.25, 0.3) is 0 Å². The standard InChI is InChI=1S/C20H47B2N2Si2.2C18H15P.2Au/c1-16(2)23(17(3)4)21-15-22(24(18(5)6)19(7)8)20(21,25(9,10)11)26(12,13)14;2*1-4-10-16(11-5-1)19(17-12-6-2-7-13-17)18-14-8-3-9-15-18;;/h15-19H,1-14H3;2*1-15H;;/q-1;;;;+1. The number of hydrogen-bond acceptors (Lipinski definition) is 2. The zero-order valence-corrected chi connectivity index (χ0v) is 50.4. The third-order valence-electron chi connectivity index (χ3n) is 12.9. The Kier molecular flexibility index (Phi) is 23.9. The summed E-state index contributed by atoms with van der Waals surface area (Å²) in [4.78, 5) is 5.65. The molecule has 0 spiro atoms. The average molecular weight is 1310 g/mol. The molecule has 1 aliphatic rings. The van der Waals surface area contributed by atoms with E-state index in [1.54, 1.807) is 0 Å². The van der Waals surface area contributed by atoms with Gasteiger partial charge in [-0.15, -0.1) is 4.46 Å². The van der Waals surface area contributed by atoms with E-state index in [-0.39, 0.29) is 44.8 Å². The second-order valence-corrected chi connectivity index (χ2v) is 36.0. The van der Waals surface area contributed by atoms with E-state index in [0.717, 1.165) is 0 Å². The molecule has 1 fully saturated rings. The van der Waals surface area contributed by atoms with Crippen molar-refractivity contribution in [2.75, 3.05) is 0 Å². The molecule has 1 saturated heterocycles. The van der Waals surface area contributed by atoms with Gasteiger partial charge in [-0.1, -0.05) is 277 Å². The maximum Gasteiger partial charge on any atom is 1.00 e. The molecule has 1 aliphatic heterocycles. The molecule has 1 radical (unpaired) electrons. The number of nitrogens with zero attached hydrogens (tertiary/aromatic N) is 2. The summed E-state index contributed by atoms with van der Waals surface area (Å²) < 4.78 is 0.475. The zero-order valence-electron chi connectivity index (χ0n) is 42.3. The summed E-state index contributed by atoms with van der Waals surface area (Å²) in [5, 5.41) is 8.39. The third kappa shape index (κ3) is 14.1. The van der Waals surface area contributed by atoms with Gasteiger partial charge in [-0.25, -0.2) is 0 Å². The van der Waals surface area contributed by atoms with Crippen molar-refractivity contribution >= 4 is 77.5 Å². The van der Waals surface area contributed by atoms with E-state index in [0.29, 0.717) is 42.3 Å². The van der Waals surface area contributed by atoms with Crippen LogP contribution in [-0.4, -0.2) is 63.6 Å². The summed E-state index contributed by atoms with van der Waals surface area (Å²) in [5.74, 6) is 0. The van der Waals surface area contributed by atoms with E-state index in [9.17, 15) is 0 Å². The summed E-state index contributed by atoms with van der Waals surface area (Å²) in [6, 6.07) is 67.0. The van der Waals surface area contributed by atoms with Crippen LogP contribution < -0.4 is 31.8 Å². The number of hydrogen-bond donors (Lipinski definition) is 0. The zero-order chi connectivity index (χ0) is 46.7. The maximum atomic E-state index is 2.83. The first-order valence-corrected chi connectivity index (χ1v) is 33.4. The molecule has 7 rings (SSSR count). The van der Waals surface area contributed by atoms with Gasteiger partial charge < -0.3 is 15.8 Å². The van der Waals surface area contributed by atoms with Crippen LogP contribution >= 0.6 is 15.8 Å². The van der Waals surface area contributed by atoms with Crippen molar-refractivity contribution in [1.29, 1.82) is 0 Å². The molecule has 357 valence electrons. The van der Waals surface area contributed by atoms with E-state index in [2.05, 4.69) is 293 Å². The number of benzene rings is 6. The van der Waals surface area contributed by atoms with E-state index >= 15 is 0 Å². The number of rotatable bonds is 14. The predicted molar refractivity (Wildman–Crippen MR) is 300 cm³/mol. The molecule has 2 nitrogen and oxygen atoms in total. The largest absolute Gasteiger partial charge is 1.00 e. The first-order valence-electron chi connectivity index (χ1n) is 23.7. The quantitative estimate of drug-likeness (QED) is 0.0609. The Morgan fingerprint density at radius 1 is 0.364 bits per heavy atom. The van der Waals surface area contributed by atoms with Crippen molar-refractivity contribution in [3.05, 3.63) is 188 Å². The maximum absolute atomic E-state index is 2.83. The third-order valence-corrected chi connectivity index (χ3v) is 28.4.